The molecule has 6 nitrogen and oxygen atoms in total. The second kappa shape index (κ2) is 8.63. The minimum Gasteiger partial charge on any atom is -0.391 e. The quantitative estimate of drug-likeness (QED) is 0.786. The van der Waals surface area contributed by atoms with Gasteiger partial charge in [0.2, 0.25) is 11.8 Å². The largest absolute Gasteiger partial charge is 0.391 e. The zero-order valence-corrected chi connectivity index (χ0v) is 18.3. The SMILES string of the molecule is Cc1ncsc1-c1ccc(CNC(=O)C2C[C@H](O)CN2C(=O)CC(C)(C)C)cc1. The molecule has 3 rings (SSSR count). The number of hydrogen-bond acceptors (Lipinski definition) is 5. The summed E-state index contributed by atoms with van der Waals surface area (Å²) >= 11 is 1.61. The van der Waals surface area contributed by atoms with Crippen LogP contribution in [0.25, 0.3) is 10.4 Å². The smallest absolute Gasteiger partial charge is 0.243 e. The number of aliphatic hydroxyl groups excluding tert-OH is 1. The van der Waals surface area contributed by atoms with E-state index in [0.717, 1.165) is 21.7 Å². The van der Waals surface area contributed by atoms with Crippen molar-refractivity contribution in [2.75, 3.05) is 6.54 Å². The van der Waals surface area contributed by atoms with Gasteiger partial charge in [-0.15, -0.1) is 11.3 Å². The first-order valence-corrected chi connectivity index (χ1v) is 10.8. The van der Waals surface area contributed by atoms with Gasteiger partial charge in [-0.1, -0.05) is 45.0 Å². The van der Waals surface area contributed by atoms with E-state index in [1.807, 2.05) is 57.5 Å². The highest BCUT2D eigenvalue weighted by molar-refractivity contribution is 7.13. The van der Waals surface area contributed by atoms with Crippen LogP contribution in [-0.2, 0) is 16.1 Å². The summed E-state index contributed by atoms with van der Waals surface area (Å²) in [5.74, 6) is -0.301. The minimum absolute atomic E-state index is 0.0847. The average Bonchev–Trinajstić information content (AvgIpc) is 3.24. The summed E-state index contributed by atoms with van der Waals surface area (Å²) < 4.78 is 0. The molecule has 1 aromatic heterocycles. The maximum absolute atomic E-state index is 12.7. The predicted octanol–water partition coefficient (Wildman–Crippen LogP) is 3.13. The van der Waals surface area contributed by atoms with Gasteiger partial charge >= 0.3 is 0 Å². The molecule has 1 saturated heterocycles. The Labute approximate surface area is 176 Å². The van der Waals surface area contributed by atoms with Crippen molar-refractivity contribution in [3.63, 3.8) is 0 Å². The Kier molecular flexibility index (Phi) is 6.39. The highest BCUT2D eigenvalue weighted by Gasteiger charge is 2.39. The molecule has 0 bridgehead atoms. The van der Waals surface area contributed by atoms with Gasteiger partial charge < -0.3 is 15.3 Å². The normalized spacial score (nSPS) is 19.4. The van der Waals surface area contributed by atoms with Crippen molar-refractivity contribution in [2.24, 2.45) is 5.41 Å². The number of hydrogen-bond donors (Lipinski definition) is 2. The first kappa shape index (κ1) is 21.5. The summed E-state index contributed by atoms with van der Waals surface area (Å²) in [7, 11) is 0. The lowest BCUT2D eigenvalue weighted by Crippen LogP contribution is -2.46. The number of β-amino-alcohol motifs (C(OH)–C–C–N with tert-alkyl or cyclic N) is 1. The molecule has 1 aromatic carbocycles. The molecule has 0 spiro atoms. The van der Waals surface area contributed by atoms with Gasteiger partial charge in [-0.05, 0) is 23.5 Å². The fraction of sp³-hybridized carbons (Fsp3) is 0.500. The first-order valence-electron chi connectivity index (χ1n) is 9.89. The third-order valence-electron chi connectivity index (χ3n) is 5.01. The van der Waals surface area contributed by atoms with E-state index < -0.39 is 12.1 Å². The van der Waals surface area contributed by atoms with Gasteiger partial charge in [0, 0.05) is 25.9 Å². The van der Waals surface area contributed by atoms with Crippen molar-refractivity contribution in [3.8, 4) is 10.4 Å². The molecule has 2 amide bonds. The molecule has 1 unspecified atom stereocenters. The van der Waals surface area contributed by atoms with Crippen molar-refractivity contribution in [2.45, 2.75) is 59.2 Å². The van der Waals surface area contributed by atoms with E-state index >= 15 is 0 Å². The summed E-state index contributed by atoms with van der Waals surface area (Å²) in [6.07, 6.45) is -0.0237. The molecule has 29 heavy (non-hydrogen) atoms. The topological polar surface area (TPSA) is 82.5 Å². The van der Waals surface area contributed by atoms with Gasteiger partial charge in [0.1, 0.15) is 6.04 Å². The van der Waals surface area contributed by atoms with Crippen molar-refractivity contribution in [1.29, 1.82) is 0 Å². The Morgan fingerprint density at radius 3 is 2.55 bits per heavy atom. The number of carbonyl (C=O) groups excluding carboxylic acids is 2. The van der Waals surface area contributed by atoms with Crippen LogP contribution >= 0.6 is 11.3 Å². The molecule has 2 atom stereocenters. The number of carbonyl (C=O) groups is 2. The zero-order valence-electron chi connectivity index (χ0n) is 17.4. The Morgan fingerprint density at radius 2 is 1.97 bits per heavy atom. The Bertz CT molecular complexity index is 870. The van der Waals surface area contributed by atoms with Gasteiger partial charge in [-0.25, -0.2) is 4.98 Å². The number of thiazole rings is 1. The van der Waals surface area contributed by atoms with Gasteiger partial charge in [-0.3, -0.25) is 9.59 Å². The van der Waals surface area contributed by atoms with Gasteiger partial charge in [0.05, 0.1) is 22.2 Å². The molecular weight excluding hydrogens is 386 g/mol. The molecule has 1 aliphatic heterocycles. The average molecular weight is 416 g/mol. The number of aliphatic hydroxyl groups is 1. The molecule has 1 aliphatic rings. The standard InChI is InChI=1S/C22H29N3O3S/c1-14-20(29-13-24-14)16-7-5-15(6-8-16)11-23-21(28)18-9-17(26)12-25(18)19(27)10-22(2,3)4/h5-8,13,17-18,26H,9-12H2,1-4H3,(H,23,28)/t17-,18?/m0/s1. The van der Waals surface area contributed by atoms with Crippen LogP contribution in [-0.4, -0.2) is 45.5 Å². The van der Waals surface area contributed by atoms with Gasteiger partial charge in [0.15, 0.2) is 0 Å². The molecule has 2 aromatic rings. The van der Waals surface area contributed by atoms with Crippen molar-refractivity contribution >= 4 is 23.2 Å². The van der Waals surface area contributed by atoms with Crippen molar-refractivity contribution in [3.05, 3.63) is 41.0 Å². The van der Waals surface area contributed by atoms with E-state index in [2.05, 4.69) is 10.3 Å². The zero-order chi connectivity index (χ0) is 21.2. The first-order chi connectivity index (χ1) is 13.6. The second-order valence-electron chi connectivity index (χ2n) is 8.87. The summed E-state index contributed by atoms with van der Waals surface area (Å²) in [6, 6.07) is 7.42. The van der Waals surface area contributed by atoms with Gasteiger partial charge in [-0.2, -0.15) is 0 Å². The van der Waals surface area contributed by atoms with E-state index in [9.17, 15) is 14.7 Å². The monoisotopic (exact) mass is 415 g/mol. The molecule has 1 fully saturated rings. The number of aryl methyl sites for hydroxylation is 1. The minimum atomic E-state index is -0.656. The fourth-order valence-corrected chi connectivity index (χ4v) is 4.36. The predicted molar refractivity (Wildman–Crippen MR) is 114 cm³/mol. The number of amides is 2. The second-order valence-corrected chi connectivity index (χ2v) is 9.73. The maximum Gasteiger partial charge on any atom is 0.243 e. The van der Waals surface area contributed by atoms with Crippen LogP contribution in [0.15, 0.2) is 29.8 Å². The molecule has 7 heteroatoms. The molecular formula is C22H29N3O3S. The number of nitrogens with one attached hydrogen (secondary N) is 1. The third-order valence-corrected chi connectivity index (χ3v) is 5.99. The highest BCUT2D eigenvalue weighted by Crippen LogP contribution is 2.27. The fourth-order valence-electron chi connectivity index (χ4n) is 3.55. The lowest BCUT2D eigenvalue weighted by atomic mass is 9.91. The summed E-state index contributed by atoms with van der Waals surface area (Å²) in [5.41, 5.74) is 4.77. The number of nitrogens with zero attached hydrogens (tertiary/aromatic N) is 2. The molecule has 156 valence electrons. The van der Waals surface area contributed by atoms with Crippen molar-refractivity contribution in [1.82, 2.24) is 15.2 Å². The van der Waals surface area contributed by atoms with Crippen LogP contribution < -0.4 is 5.32 Å². The number of rotatable bonds is 5. The Balaban J connectivity index is 1.60. The third kappa shape index (κ3) is 5.42. The lowest BCUT2D eigenvalue weighted by Gasteiger charge is -2.27. The van der Waals surface area contributed by atoms with Crippen LogP contribution in [0.1, 0.15) is 44.9 Å². The van der Waals surface area contributed by atoms with Crippen LogP contribution in [0.3, 0.4) is 0 Å². The molecule has 0 radical (unpaired) electrons. The van der Waals surface area contributed by atoms with E-state index in [4.69, 9.17) is 0 Å². The van der Waals surface area contributed by atoms with Gasteiger partial charge in [0.25, 0.3) is 0 Å². The molecule has 2 heterocycles. The Hall–Kier alpha value is -2.25. The van der Waals surface area contributed by atoms with E-state index in [-0.39, 0.29) is 30.2 Å². The van der Waals surface area contributed by atoms with E-state index in [1.165, 1.54) is 4.90 Å². The summed E-state index contributed by atoms with van der Waals surface area (Å²) in [6.45, 7) is 8.56. The highest BCUT2D eigenvalue weighted by atomic mass is 32.1. The van der Waals surface area contributed by atoms with E-state index in [1.54, 1.807) is 11.3 Å². The van der Waals surface area contributed by atoms with Crippen molar-refractivity contribution < 1.29 is 14.7 Å². The molecule has 2 N–H and O–H groups in total. The summed E-state index contributed by atoms with van der Waals surface area (Å²) in [4.78, 5) is 32.3. The molecule has 0 aliphatic carbocycles. The lowest BCUT2D eigenvalue weighted by molar-refractivity contribution is -0.140. The summed E-state index contributed by atoms with van der Waals surface area (Å²) in [5, 5.41) is 12.9. The Morgan fingerprint density at radius 1 is 1.28 bits per heavy atom. The molecule has 0 saturated carbocycles. The maximum atomic E-state index is 12.7. The number of likely N-dealkylation sites (tertiary alicyclic amines) is 1. The number of aromatic nitrogens is 1. The number of benzene rings is 1. The van der Waals surface area contributed by atoms with Crippen LogP contribution in [0.4, 0.5) is 0 Å². The van der Waals surface area contributed by atoms with Crippen LogP contribution in [0, 0.1) is 12.3 Å². The van der Waals surface area contributed by atoms with Crippen LogP contribution in [0.5, 0.6) is 0 Å². The van der Waals surface area contributed by atoms with Crippen LogP contribution in [0.2, 0.25) is 0 Å². The van der Waals surface area contributed by atoms with E-state index in [0.29, 0.717) is 13.0 Å².